The molecule has 0 aliphatic carbocycles. The summed E-state index contributed by atoms with van der Waals surface area (Å²) in [5.74, 6) is 0. The fourth-order valence-electron chi connectivity index (χ4n) is 2.77. The molecule has 0 aromatic heterocycles. The third-order valence-electron chi connectivity index (χ3n) is 3.22. The third-order valence-corrected chi connectivity index (χ3v) is 3.22. The van der Waals surface area contributed by atoms with Crippen LogP contribution in [0.2, 0.25) is 0 Å². The molecule has 1 rings (SSSR count). The van der Waals surface area contributed by atoms with Gasteiger partial charge in [-0.05, 0) is 34.1 Å². The van der Waals surface area contributed by atoms with E-state index in [2.05, 4.69) is 39.2 Å². The van der Waals surface area contributed by atoms with Gasteiger partial charge in [-0.1, -0.05) is 6.08 Å². The van der Waals surface area contributed by atoms with Crippen molar-refractivity contribution in [3.63, 3.8) is 0 Å². The van der Waals surface area contributed by atoms with Crippen LogP contribution < -0.4 is 0 Å². The first-order valence-corrected chi connectivity index (χ1v) is 5.98. The molecule has 1 unspecified atom stereocenters. The van der Waals surface area contributed by atoms with E-state index in [1.54, 1.807) is 0 Å². The molecule has 0 amide bonds. The van der Waals surface area contributed by atoms with E-state index in [-0.39, 0.29) is 17.8 Å². The van der Waals surface area contributed by atoms with Crippen LogP contribution in [0.25, 0.3) is 0 Å². The SMILES string of the molecule is C=CCN(CCO)C1CC(C)(C)OC1(C)C. The van der Waals surface area contributed by atoms with Gasteiger partial charge >= 0.3 is 0 Å². The second-order valence-electron chi connectivity index (χ2n) is 5.69. The molecule has 0 bridgehead atoms. The van der Waals surface area contributed by atoms with Crippen LogP contribution in [0.1, 0.15) is 34.1 Å². The van der Waals surface area contributed by atoms with Gasteiger partial charge in [0.1, 0.15) is 0 Å². The van der Waals surface area contributed by atoms with E-state index in [0.29, 0.717) is 12.6 Å². The molecule has 1 saturated heterocycles. The van der Waals surface area contributed by atoms with Crippen LogP contribution in [-0.2, 0) is 4.74 Å². The summed E-state index contributed by atoms with van der Waals surface area (Å²) >= 11 is 0. The van der Waals surface area contributed by atoms with Crippen molar-refractivity contribution in [2.75, 3.05) is 19.7 Å². The maximum Gasteiger partial charge on any atom is 0.0789 e. The molecule has 1 fully saturated rings. The van der Waals surface area contributed by atoms with Crippen LogP contribution in [-0.4, -0.2) is 46.9 Å². The molecule has 1 heterocycles. The minimum atomic E-state index is -0.165. The van der Waals surface area contributed by atoms with Crippen molar-refractivity contribution in [1.82, 2.24) is 4.90 Å². The Morgan fingerprint density at radius 2 is 2.06 bits per heavy atom. The van der Waals surface area contributed by atoms with Gasteiger partial charge in [-0.3, -0.25) is 4.90 Å². The van der Waals surface area contributed by atoms with Crippen LogP contribution in [0.3, 0.4) is 0 Å². The predicted molar refractivity (Wildman–Crippen MR) is 66.5 cm³/mol. The third kappa shape index (κ3) is 3.06. The molecular weight excluding hydrogens is 202 g/mol. The summed E-state index contributed by atoms with van der Waals surface area (Å²) in [4.78, 5) is 2.25. The molecule has 1 aliphatic rings. The normalized spacial score (nSPS) is 27.2. The first-order valence-electron chi connectivity index (χ1n) is 5.98. The van der Waals surface area contributed by atoms with Crippen molar-refractivity contribution in [3.8, 4) is 0 Å². The minimum Gasteiger partial charge on any atom is -0.395 e. The first-order chi connectivity index (χ1) is 7.32. The summed E-state index contributed by atoms with van der Waals surface area (Å²) in [5, 5.41) is 9.11. The van der Waals surface area contributed by atoms with Crippen LogP contribution in [0.4, 0.5) is 0 Å². The molecular formula is C13H25NO2. The van der Waals surface area contributed by atoms with E-state index < -0.39 is 0 Å². The molecule has 0 spiro atoms. The van der Waals surface area contributed by atoms with Crippen LogP contribution >= 0.6 is 0 Å². The van der Waals surface area contributed by atoms with Gasteiger partial charge < -0.3 is 9.84 Å². The van der Waals surface area contributed by atoms with E-state index in [9.17, 15) is 0 Å². The monoisotopic (exact) mass is 227 g/mol. The fraction of sp³-hybridized carbons (Fsp3) is 0.846. The molecule has 1 atom stereocenters. The minimum absolute atomic E-state index is 0.0803. The standard InChI is InChI=1S/C13H25NO2/c1-6-7-14(8-9-15)11-10-12(2,3)16-13(11,4)5/h6,11,15H,1,7-10H2,2-5H3. The molecule has 1 aliphatic heterocycles. The van der Waals surface area contributed by atoms with Gasteiger partial charge in [0.25, 0.3) is 0 Å². The van der Waals surface area contributed by atoms with Crippen LogP contribution in [0.5, 0.6) is 0 Å². The maximum atomic E-state index is 9.11. The van der Waals surface area contributed by atoms with Crippen molar-refractivity contribution in [2.24, 2.45) is 0 Å². The Morgan fingerprint density at radius 3 is 2.44 bits per heavy atom. The number of hydrogen-bond donors (Lipinski definition) is 1. The lowest BCUT2D eigenvalue weighted by Gasteiger charge is -2.35. The zero-order chi connectivity index (χ0) is 12.4. The Kier molecular flexibility index (Phi) is 4.16. The van der Waals surface area contributed by atoms with Crippen molar-refractivity contribution in [3.05, 3.63) is 12.7 Å². The zero-order valence-electron chi connectivity index (χ0n) is 11.0. The van der Waals surface area contributed by atoms with Gasteiger partial charge in [-0.25, -0.2) is 0 Å². The maximum absolute atomic E-state index is 9.11. The Bertz CT molecular complexity index is 248. The molecule has 0 aromatic carbocycles. The molecule has 16 heavy (non-hydrogen) atoms. The molecule has 0 saturated carbocycles. The Morgan fingerprint density at radius 1 is 1.44 bits per heavy atom. The van der Waals surface area contributed by atoms with E-state index in [4.69, 9.17) is 9.84 Å². The van der Waals surface area contributed by atoms with Crippen LogP contribution in [0.15, 0.2) is 12.7 Å². The highest BCUT2D eigenvalue weighted by Gasteiger charge is 2.47. The van der Waals surface area contributed by atoms with Crippen molar-refractivity contribution in [1.29, 1.82) is 0 Å². The van der Waals surface area contributed by atoms with E-state index >= 15 is 0 Å². The highest BCUT2D eigenvalue weighted by Crippen LogP contribution is 2.39. The average molecular weight is 227 g/mol. The second-order valence-corrected chi connectivity index (χ2v) is 5.69. The number of hydrogen-bond acceptors (Lipinski definition) is 3. The number of nitrogens with zero attached hydrogens (tertiary/aromatic N) is 1. The highest BCUT2D eigenvalue weighted by atomic mass is 16.5. The van der Waals surface area contributed by atoms with Gasteiger partial charge in [0.05, 0.1) is 17.8 Å². The number of rotatable bonds is 5. The first kappa shape index (κ1) is 13.7. The van der Waals surface area contributed by atoms with E-state index in [1.165, 1.54) is 0 Å². The lowest BCUT2D eigenvalue weighted by atomic mass is 9.93. The van der Waals surface area contributed by atoms with E-state index in [1.807, 2.05) is 6.08 Å². The molecule has 0 aromatic rings. The van der Waals surface area contributed by atoms with Gasteiger partial charge in [0.2, 0.25) is 0 Å². The van der Waals surface area contributed by atoms with E-state index in [0.717, 1.165) is 13.0 Å². The quantitative estimate of drug-likeness (QED) is 0.727. The zero-order valence-corrected chi connectivity index (χ0v) is 11.0. The fourth-order valence-corrected chi connectivity index (χ4v) is 2.77. The second kappa shape index (κ2) is 4.86. The van der Waals surface area contributed by atoms with Gasteiger partial charge in [0, 0.05) is 19.1 Å². The molecule has 3 heteroatoms. The number of aliphatic hydroxyl groups excluding tert-OH is 1. The summed E-state index contributed by atoms with van der Waals surface area (Å²) in [6.07, 6.45) is 2.88. The molecule has 0 radical (unpaired) electrons. The summed E-state index contributed by atoms with van der Waals surface area (Å²) in [6, 6.07) is 0.340. The molecule has 94 valence electrons. The Labute approximate surface area is 99.1 Å². The van der Waals surface area contributed by atoms with Crippen molar-refractivity contribution >= 4 is 0 Å². The molecule has 3 nitrogen and oxygen atoms in total. The number of aliphatic hydroxyl groups is 1. The predicted octanol–water partition coefficient (Wildman–Crippen LogP) is 1.81. The van der Waals surface area contributed by atoms with Crippen molar-refractivity contribution < 1.29 is 9.84 Å². The number of ether oxygens (including phenoxy) is 1. The Balaban J connectivity index is 2.79. The largest absolute Gasteiger partial charge is 0.395 e. The highest BCUT2D eigenvalue weighted by molar-refractivity contribution is 5.01. The summed E-state index contributed by atoms with van der Waals surface area (Å²) in [7, 11) is 0. The smallest absolute Gasteiger partial charge is 0.0789 e. The molecule has 1 N–H and O–H groups in total. The summed E-state index contributed by atoms with van der Waals surface area (Å²) < 4.78 is 6.06. The summed E-state index contributed by atoms with van der Waals surface area (Å²) in [6.45, 7) is 13.9. The van der Waals surface area contributed by atoms with Crippen molar-refractivity contribution in [2.45, 2.75) is 51.4 Å². The lowest BCUT2D eigenvalue weighted by molar-refractivity contribution is -0.0803. The van der Waals surface area contributed by atoms with Gasteiger partial charge in [-0.15, -0.1) is 6.58 Å². The van der Waals surface area contributed by atoms with Gasteiger partial charge in [-0.2, -0.15) is 0 Å². The summed E-state index contributed by atoms with van der Waals surface area (Å²) in [5.41, 5.74) is -0.245. The Hall–Kier alpha value is -0.380. The lowest BCUT2D eigenvalue weighted by Crippen LogP contribution is -2.47. The van der Waals surface area contributed by atoms with Gasteiger partial charge in [0.15, 0.2) is 0 Å². The van der Waals surface area contributed by atoms with Crippen LogP contribution in [0, 0.1) is 0 Å². The topological polar surface area (TPSA) is 32.7 Å². The average Bonchev–Trinajstić information content (AvgIpc) is 2.34.